The van der Waals surface area contributed by atoms with E-state index in [9.17, 15) is 8.42 Å². The lowest BCUT2D eigenvalue weighted by Crippen LogP contribution is -2.11. The van der Waals surface area contributed by atoms with E-state index >= 15 is 0 Å². The third-order valence-corrected chi connectivity index (χ3v) is 4.44. The molecule has 0 saturated carbocycles. The normalized spacial score (nSPS) is 11.8. The van der Waals surface area contributed by atoms with Crippen molar-refractivity contribution in [2.24, 2.45) is 0 Å². The van der Waals surface area contributed by atoms with Crippen LogP contribution >= 0.6 is 0 Å². The Hall–Kier alpha value is -2.34. The molecular weight excluding hydrogens is 310 g/mol. The maximum Gasteiger partial charge on any atom is 0.229 e. The Labute approximate surface area is 136 Å². The molecule has 0 saturated heterocycles. The molecule has 0 aliphatic carbocycles. The van der Waals surface area contributed by atoms with E-state index in [2.05, 4.69) is 34.1 Å². The van der Waals surface area contributed by atoms with Gasteiger partial charge in [0.2, 0.25) is 10.0 Å². The molecule has 3 aromatic rings. The van der Waals surface area contributed by atoms with E-state index < -0.39 is 10.0 Å². The number of aryl methyl sites for hydroxylation is 1. The Morgan fingerprint density at radius 3 is 2.52 bits per heavy atom. The molecule has 0 aliphatic heterocycles. The predicted octanol–water partition coefficient (Wildman–Crippen LogP) is 3.07. The number of nitrogens with zero attached hydrogens (tertiary/aromatic N) is 2. The van der Waals surface area contributed by atoms with Gasteiger partial charge in [0.05, 0.1) is 29.9 Å². The number of hydrogen-bond acceptors (Lipinski definition) is 3. The number of anilines is 1. The SMILES string of the molecule is Cc1nn(Cc2cccc3ccccc23)c(C)c1NS(C)(=O)=O. The summed E-state index contributed by atoms with van der Waals surface area (Å²) in [5.74, 6) is 0. The molecule has 1 aromatic heterocycles. The van der Waals surface area contributed by atoms with Crippen molar-refractivity contribution in [3.8, 4) is 0 Å². The lowest BCUT2D eigenvalue weighted by atomic mass is 10.0. The van der Waals surface area contributed by atoms with Crippen molar-refractivity contribution in [3.05, 3.63) is 59.4 Å². The highest BCUT2D eigenvalue weighted by molar-refractivity contribution is 7.92. The van der Waals surface area contributed by atoms with Gasteiger partial charge < -0.3 is 0 Å². The number of rotatable bonds is 4. The van der Waals surface area contributed by atoms with Crippen molar-refractivity contribution in [1.29, 1.82) is 0 Å². The van der Waals surface area contributed by atoms with E-state index in [0.717, 1.165) is 17.5 Å². The summed E-state index contributed by atoms with van der Waals surface area (Å²) >= 11 is 0. The first kappa shape index (κ1) is 15.6. The third-order valence-electron chi connectivity index (χ3n) is 3.87. The minimum absolute atomic E-state index is 0.563. The van der Waals surface area contributed by atoms with Crippen molar-refractivity contribution < 1.29 is 8.42 Å². The number of hydrogen-bond donors (Lipinski definition) is 1. The van der Waals surface area contributed by atoms with Gasteiger partial charge in [0, 0.05) is 0 Å². The summed E-state index contributed by atoms with van der Waals surface area (Å²) in [6.07, 6.45) is 1.15. The van der Waals surface area contributed by atoms with E-state index in [-0.39, 0.29) is 0 Å². The van der Waals surface area contributed by atoms with Crippen molar-refractivity contribution in [2.75, 3.05) is 11.0 Å². The Bertz CT molecular complexity index is 969. The van der Waals surface area contributed by atoms with E-state index in [4.69, 9.17) is 0 Å². The standard InChI is InChI=1S/C17H19N3O2S/c1-12-17(19-23(3,21)22)13(2)20(18-12)11-15-9-6-8-14-7-4-5-10-16(14)15/h4-10,19H,11H2,1-3H3. The highest BCUT2D eigenvalue weighted by atomic mass is 32.2. The fourth-order valence-corrected chi connectivity index (χ4v) is 3.44. The molecule has 2 aromatic carbocycles. The van der Waals surface area contributed by atoms with Crippen LogP contribution in [0.4, 0.5) is 5.69 Å². The first-order chi connectivity index (χ1) is 10.8. The molecule has 0 fully saturated rings. The average molecular weight is 329 g/mol. The van der Waals surface area contributed by atoms with Gasteiger partial charge in [-0.1, -0.05) is 42.5 Å². The number of fused-ring (bicyclic) bond motifs is 1. The minimum atomic E-state index is -3.32. The van der Waals surface area contributed by atoms with Gasteiger partial charge in [0.15, 0.2) is 0 Å². The molecule has 6 heteroatoms. The van der Waals surface area contributed by atoms with Crippen molar-refractivity contribution in [1.82, 2.24) is 9.78 Å². The second-order valence-electron chi connectivity index (χ2n) is 5.72. The number of benzene rings is 2. The summed E-state index contributed by atoms with van der Waals surface area (Å²) in [5.41, 5.74) is 3.20. The van der Waals surface area contributed by atoms with Crippen LogP contribution < -0.4 is 4.72 Å². The zero-order valence-corrected chi connectivity index (χ0v) is 14.2. The second-order valence-corrected chi connectivity index (χ2v) is 7.46. The molecule has 1 N–H and O–H groups in total. The molecule has 0 radical (unpaired) electrons. The van der Waals surface area contributed by atoms with Crippen LogP contribution in [0, 0.1) is 13.8 Å². The van der Waals surface area contributed by atoms with Gasteiger partial charge in [0.25, 0.3) is 0 Å². The Kier molecular flexibility index (Phi) is 3.85. The summed E-state index contributed by atoms with van der Waals surface area (Å²) in [5, 5.41) is 6.85. The van der Waals surface area contributed by atoms with Crippen molar-refractivity contribution in [3.63, 3.8) is 0 Å². The van der Waals surface area contributed by atoms with E-state index in [1.165, 1.54) is 10.8 Å². The first-order valence-electron chi connectivity index (χ1n) is 7.33. The maximum absolute atomic E-state index is 11.5. The fraction of sp³-hybridized carbons (Fsp3) is 0.235. The smallest absolute Gasteiger partial charge is 0.229 e. The Morgan fingerprint density at radius 2 is 1.78 bits per heavy atom. The number of aromatic nitrogens is 2. The fourth-order valence-electron chi connectivity index (χ4n) is 2.78. The quantitative estimate of drug-likeness (QED) is 0.800. The van der Waals surface area contributed by atoms with Gasteiger partial charge in [-0.2, -0.15) is 5.10 Å². The molecule has 120 valence electrons. The molecule has 23 heavy (non-hydrogen) atoms. The molecule has 0 bridgehead atoms. The monoisotopic (exact) mass is 329 g/mol. The summed E-state index contributed by atoms with van der Waals surface area (Å²) in [6, 6.07) is 14.4. The van der Waals surface area contributed by atoms with E-state index in [1.807, 2.05) is 29.8 Å². The lowest BCUT2D eigenvalue weighted by Gasteiger charge is -2.09. The molecule has 3 rings (SSSR count). The predicted molar refractivity (Wildman–Crippen MR) is 93.2 cm³/mol. The summed E-state index contributed by atoms with van der Waals surface area (Å²) < 4.78 is 27.4. The topological polar surface area (TPSA) is 64.0 Å². The van der Waals surface area contributed by atoms with Gasteiger partial charge in [-0.05, 0) is 30.2 Å². The number of sulfonamides is 1. The number of nitrogens with one attached hydrogen (secondary N) is 1. The van der Waals surface area contributed by atoms with Gasteiger partial charge in [-0.25, -0.2) is 8.42 Å². The zero-order chi connectivity index (χ0) is 16.6. The van der Waals surface area contributed by atoms with Crippen LogP contribution in [0.2, 0.25) is 0 Å². The molecule has 0 unspecified atom stereocenters. The molecule has 5 nitrogen and oxygen atoms in total. The van der Waals surface area contributed by atoms with Crippen LogP contribution in [-0.2, 0) is 16.6 Å². The van der Waals surface area contributed by atoms with Crippen LogP contribution in [-0.4, -0.2) is 24.5 Å². The highest BCUT2D eigenvalue weighted by Gasteiger charge is 2.15. The Balaban J connectivity index is 2.02. The van der Waals surface area contributed by atoms with Crippen LogP contribution in [0.3, 0.4) is 0 Å². The molecule has 0 atom stereocenters. The third kappa shape index (κ3) is 3.22. The van der Waals surface area contributed by atoms with Gasteiger partial charge in [0.1, 0.15) is 0 Å². The van der Waals surface area contributed by atoms with Crippen LogP contribution in [0.1, 0.15) is 17.0 Å². The van der Waals surface area contributed by atoms with Crippen molar-refractivity contribution >= 4 is 26.5 Å². The van der Waals surface area contributed by atoms with Crippen LogP contribution in [0.25, 0.3) is 10.8 Å². The lowest BCUT2D eigenvalue weighted by molar-refractivity contribution is 0.606. The molecule has 0 aliphatic rings. The zero-order valence-electron chi connectivity index (χ0n) is 13.4. The maximum atomic E-state index is 11.5. The van der Waals surface area contributed by atoms with Crippen molar-refractivity contribution in [2.45, 2.75) is 20.4 Å². The largest absolute Gasteiger partial charge is 0.280 e. The molecule has 1 heterocycles. The summed E-state index contributed by atoms with van der Waals surface area (Å²) in [7, 11) is -3.32. The molecule has 0 amide bonds. The van der Waals surface area contributed by atoms with Crippen LogP contribution in [0.15, 0.2) is 42.5 Å². The average Bonchev–Trinajstić information content (AvgIpc) is 2.74. The first-order valence-corrected chi connectivity index (χ1v) is 9.23. The van der Waals surface area contributed by atoms with Gasteiger partial charge >= 0.3 is 0 Å². The highest BCUT2D eigenvalue weighted by Crippen LogP contribution is 2.24. The van der Waals surface area contributed by atoms with Gasteiger partial charge in [-0.15, -0.1) is 0 Å². The Morgan fingerprint density at radius 1 is 1.09 bits per heavy atom. The molecular formula is C17H19N3O2S. The second kappa shape index (κ2) is 5.70. The van der Waals surface area contributed by atoms with Crippen LogP contribution in [0.5, 0.6) is 0 Å². The molecule has 0 spiro atoms. The summed E-state index contributed by atoms with van der Waals surface area (Å²) in [6.45, 7) is 4.28. The van der Waals surface area contributed by atoms with E-state index in [1.54, 1.807) is 6.92 Å². The van der Waals surface area contributed by atoms with E-state index in [0.29, 0.717) is 17.9 Å². The minimum Gasteiger partial charge on any atom is -0.280 e. The van der Waals surface area contributed by atoms with Gasteiger partial charge in [-0.3, -0.25) is 9.40 Å². The summed E-state index contributed by atoms with van der Waals surface area (Å²) in [4.78, 5) is 0.